The minimum absolute atomic E-state index is 0.0520. The van der Waals surface area contributed by atoms with E-state index in [9.17, 15) is 16.8 Å². The van der Waals surface area contributed by atoms with E-state index in [2.05, 4.69) is 9.71 Å². The summed E-state index contributed by atoms with van der Waals surface area (Å²) in [5.41, 5.74) is 3.25. The highest BCUT2D eigenvalue weighted by Crippen LogP contribution is 2.34. The van der Waals surface area contributed by atoms with Gasteiger partial charge in [-0.15, -0.1) is 0 Å². The van der Waals surface area contributed by atoms with Gasteiger partial charge in [-0.25, -0.2) is 16.8 Å². The zero-order chi connectivity index (χ0) is 25.5. The molecule has 0 aliphatic carbocycles. The number of nitrogens with one attached hydrogen (secondary N) is 1. The van der Waals surface area contributed by atoms with E-state index < -0.39 is 20.0 Å². The minimum atomic E-state index is -4.04. The average molecular weight is 542 g/mol. The molecule has 1 aromatic heterocycles. The summed E-state index contributed by atoms with van der Waals surface area (Å²) in [7, 11) is -7.48. The van der Waals surface area contributed by atoms with Crippen LogP contribution in [0.4, 0.5) is 11.4 Å². The van der Waals surface area contributed by atoms with Crippen LogP contribution in [0.1, 0.15) is 18.4 Å². The molecule has 1 saturated heterocycles. The fourth-order valence-electron chi connectivity index (χ4n) is 4.43. The Labute approximate surface area is 215 Å². The number of aryl methyl sites for hydroxylation is 1. The molecule has 0 atom stereocenters. The lowest BCUT2D eigenvalue weighted by Gasteiger charge is -2.28. The average Bonchev–Trinajstić information content (AvgIpc) is 2.84. The Hall–Kier alpha value is -3.14. The summed E-state index contributed by atoms with van der Waals surface area (Å²) in [5.74, 6) is 0.0630. The maximum Gasteiger partial charge on any atom is 0.263 e. The maximum atomic E-state index is 13.2. The fraction of sp³-hybridized carbons (Fsp3) is 0.192. The molecule has 4 aromatic rings. The van der Waals surface area contributed by atoms with Crippen molar-refractivity contribution in [3.05, 3.63) is 83.5 Å². The van der Waals surface area contributed by atoms with E-state index in [1.807, 2.05) is 43.3 Å². The second-order valence-corrected chi connectivity index (χ2v) is 12.8. The molecular weight excluding hydrogens is 518 g/mol. The van der Waals surface area contributed by atoms with Crippen LogP contribution in [-0.4, -0.2) is 34.1 Å². The van der Waals surface area contributed by atoms with Gasteiger partial charge in [-0.2, -0.15) is 0 Å². The van der Waals surface area contributed by atoms with Gasteiger partial charge in [0.1, 0.15) is 4.90 Å². The van der Waals surface area contributed by atoms with Crippen LogP contribution >= 0.6 is 11.6 Å². The number of hydrogen-bond donors (Lipinski definition) is 1. The van der Waals surface area contributed by atoms with Crippen molar-refractivity contribution in [1.82, 2.24) is 4.98 Å². The Morgan fingerprint density at radius 2 is 1.81 bits per heavy atom. The Balaban J connectivity index is 1.48. The molecule has 10 heteroatoms. The summed E-state index contributed by atoms with van der Waals surface area (Å²) >= 11 is 6.36. The van der Waals surface area contributed by atoms with Gasteiger partial charge < -0.3 is 0 Å². The summed E-state index contributed by atoms with van der Waals surface area (Å²) in [6, 6.07) is 19.3. The molecule has 0 radical (unpaired) electrons. The fourth-order valence-corrected chi connectivity index (χ4v) is 7.65. The third kappa shape index (κ3) is 4.66. The van der Waals surface area contributed by atoms with Crippen molar-refractivity contribution < 1.29 is 16.8 Å². The predicted octanol–water partition coefficient (Wildman–Crippen LogP) is 5.59. The third-order valence-electron chi connectivity index (χ3n) is 6.26. The van der Waals surface area contributed by atoms with Gasteiger partial charge in [-0.1, -0.05) is 41.9 Å². The smallest absolute Gasteiger partial charge is 0.263 e. The SMILES string of the molecule is Cc1ccc(NS(=O)(=O)c2ccc(N3CCCCS3(=O)=O)cc2Cl)cc1-c1nccc2ccccc12. The van der Waals surface area contributed by atoms with E-state index in [0.29, 0.717) is 24.3 Å². The Kier molecular flexibility index (Phi) is 6.40. The molecule has 1 fully saturated rings. The molecule has 0 saturated carbocycles. The minimum Gasteiger partial charge on any atom is -0.280 e. The zero-order valence-electron chi connectivity index (χ0n) is 19.5. The van der Waals surface area contributed by atoms with Crippen LogP contribution in [0.3, 0.4) is 0 Å². The third-order valence-corrected chi connectivity index (χ3v) is 9.99. The van der Waals surface area contributed by atoms with Crippen LogP contribution in [-0.2, 0) is 20.0 Å². The Morgan fingerprint density at radius 3 is 2.58 bits per heavy atom. The molecule has 1 aliphatic rings. The van der Waals surface area contributed by atoms with Gasteiger partial charge >= 0.3 is 0 Å². The van der Waals surface area contributed by atoms with Gasteiger partial charge in [0.2, 0.25) is 10.0 Å². The monoisotopic (exact) mass is 541 g/mol. The van der Waals surface area contributed by atoms with Crippen LogP contribution in [0.2, 0.25) is 5.02 Å². The predicted molar refractivity (Wildman–Crippen MR) is 145 cm³/mol. The number of rotatable bonds is 5. The quantitative estimate of drug-likeness (QED) is 0.355. The molecule has 0 amide bonds. The highest BCUT2D eigenvalue weighted by atomic mass is 35.5. The molecule has 0 bridgehead atoms. The first kappa shape index (κ1) is 24.5. The second kappa shape index (κ2) is 9.38. The summed E-state index contributed by atoms with van der Waals surface area (Å²) in [6.45, 7) is 2.29. The number of benzene rings is 3. The first-order valence-electron chi connectivity index (χ1n) is 11.4. The first-order chi connectivity index (χ1) is 17.2. The van der Waals surface area contributed by atoms with E-state index in [-0.39, 0.29) is 15.7 Å². The summed E-state index contributed by atoms with van der Waals surface area (Å²) in [4.78, 5) is 4.43. The van der Waals surface area contributed by atoms with E-state index in [4.69, 9.17) is 11.6 Å². The molecule has 0 unspecified atom stereocenters. The van der Waals surface area contributed by atoms with Gasteiger partial charge in [-0.05, 0) is 67.1 Å². The summed E-state index contributed by atoms with van der Waals surface area (Å²) in [6.07, 6.45) is 3.08. The van der Waals surface area contributed by atoms with Crippen molar-refractivity contribution in [1.29, 1.82) is 0 Å². The molecule has 1 N–H and O–H groups in total. The highest BCUT2D eigenvalue weighted by molar-refractivity contribution is 7.93. The van der Waals surface area contributed by atoms with Gasteiger partial charge in [-0.3, -0.25) is 14.0 Å². The number of anilines is 2. The molecule has 1 aliphatic heterocycles. The first-order valence-corrected chi connectivity index (χ1v) is 14.9. The van der Waals surface area contributed by atoms with Gasteiger partial charge in [0.15, 0.2) is 0 Å². The molecule has 7 nitrogen and oxygen atoms in total. The van der Waals surface area contributed by atoms with Crippen molar-refractivity contribution in [2.24, 2.45) is 0 Å². The molecular formula is C26H24ClN3O4S2. The van der Waals surface area contributed by atoms with Crippen molar-refractivity contribution in [3.63, 3.8) is 0 Å². The topological polar surface area (TPSA) is 96.4 Å². The van der Waals surface area contributed by atoms with Crippen molar-refractivity contribution in [3.8, 4) is 11.3 Å². The Morgan fingerprint density at radius 1 is 1.00 bits per heavy atom. The highest BCUT2D eigenvalue weighted by Gasteiger charge is 2.27. The number of nitrogens with zero attached hydrogens (tertiary/aromatic N) is 2. The normalized spacial score (nSPS) is 15.7. The zero-order valence-corrected chi connectivity index (χ0v) is 21.9. The van der Waals surface area contributed by atoms with Gasteiger partial charge in [0.25, 0.3) is 10.0 Å². The number of sulfonamides is 2. The van der Waals surface area contributed by atoms with Crippen molar-refractivity contribution in [2.75, 3.05) is 21.3 Å². The lowest BCUT2D eigenvalue weighted by atomic mass is 10.00. The second-order valence-electron chi connectivity index (χ2n) is 8.73. The van der Waals surface area contributed by atoms with E-state index >= 15 is 0 Å². The molecule has 5 rings (SSSR count). The number of hydrogen-bond acceptors (Lipinski definition) is 5. The molecule has 36 heavy (non-hydrogen) atoms. The van der Waals surface area contributed by atoms with E-state index in [1.54, 1.807) is 18.3 Å². The van der Waals surface area contributed by atoms with Crippen molar-refractivity contribution in [2.45, 2.75) is 24.7 Å². The number of aromatic nitrogens is 1. The van der Waals surface area contributed by atoms with Crippen LogP contribution in [0.5, 0.6) is 0 Å². The Bertz CT molecular complexity index is 1680. The van der Waals surface area contributed by atoms with E-state index in [0.717, 1.165) is 34.0 Å². The number of halogens is 1. The lowest BCUT2D eigenvalue weighted by Crippen LogP contribution is -2.37. The number of fused-ring (bicyclic) bond motifs is 1. The van der Waals surface area contributed by atoms with E-state index in [1.165, 1.54) is 22.5 Å². The molecule has 0 spiro atoms. The summed E-state index contributed by atoms with van der Waals surface area (Å²) < 4.78 is 55.2. The van der Waals surface area contributed by atoms with Crippen LogP contribution in [0.25, 0.3) is 22.0 Å². The maximum absolute atomic E-state index is 13.2. The van der Waals surface area contributed by atoms with Gasteiger partial charge in [0, 0.05) is 29.4 Å². The largest absolute Gasteiger partial charge is 0.280 e. The standard InChI is InChI=1S/C26H24ClN3O4S2/c1-18-8-9-20(16-23(18)26-22-7-3-2-6-19(22)12-13-28-26)29-36(33,34)25-11-10-21(17-24(25)27)30-14-4-5-15-35(30,31)32/h2-3,6-13,16-17,29H,4-5,14-15H2,1H3. The molecule has 2 heterocycles. The summed E-state index contributed by atoms with van der Waals surface area (Å²) in [5, 5.41) is 1.95. The molecule has 186 valence electrons. The van der Waals surface area contributed by atoms with Crippen molar-refractivity contribution >= 4 is 53.8 Å². The number of pyridine rings is 1. The van der Waals surface area contributed by atoms with Gasteiger partial charge in [0.05, 0.1) is 22.2 Å². The lowest BCUT2D eigenvalue weighted by molar-refractivity contribution is 0.574. The van der Waals surface area contributed by atoms with Crippen LogP contribution in [0.15, 0.2) is 77.8 Å². The van der Waals surface area contributed by atoms with Crippen LogP contribution < -0.4 is 9.03 Å². The molecule has 3 aromatic carbocycles. The van der Waals surface area contributed by atoms with Crippen LogP contribution in [0, 0.1) is 6.92 Å².